The predicted molar refractivity (Wildman–Crippen MR) is 91.8 cm³/mol. The van der Waals surface area contributed by atoms with Gasteiger partial charge in [0, 0.05) is 24.4 Å². The molecular weight excluding hydrogens is 288 g/mol. The van der Waals surface area contributed by atoms with Crippen LogP contribution in [-0.4, -0.2) is 20.9 Å². The number of para-hydroxylation sites is 1. The largest absolute Gasteiger partial charge is 0.325 e. The van der Waals surface area contributed by atoms with E-state index in [1.54, 1.807) is 4.68 Å². The Labute approximate surface area is 137 Å². The van der Waals surface area contributed by atoms with Crippen molar-refractivity contribution in [3.05, 3.63) is 30.5 Å². The van der Waals surface area contributed by atoms with Crippen molar-refractivity contribution in [2.24, 2.45) is 0 Å². The zero-order chi connectivity index (χ0) is 16.7. The maximum absolute atomic E-state index is 12.1. The van der Waals surface area contributed by atoms with E-state index in [-0.39, 0.29) is 11.9 Å². The van der Waals surface area contributed by atoms with E-state index in [0.717, 1.165) is 29.8 Å². The number of hydrogen-bond donors (Lipinski definition) is 1. The van der Waals surface area contributed by atoms with Gasteiger partial charge in [0.2, 0.25) is 5.91 Å². The van der Waals surface area contributed by atoms with Crippen LogP contribution in [0.3, 0.4) is 0 Å². The molecule has 0 aliphatic carbocycles. The number of anilines is 1. The molecule has 0 atom stereocenters. The number of rotatable bonds is 7. The van der Waals surface area contributed by atoms with Gasteiger partial charge in [0.1, 0.15) is 5.69 Å². The topological polar surface area (TPSA) is 59.8 Å². The predicted octanol–water partition coefficient (Wildman–Crippen LogP) is 3.66. The quantitative estimate of drug-likeness (QED) is 0.627. The fourth-order valence-electron chi connectivity index (χ4n) is 2.19. The van der Waals surface area contributed by atoms with Gasteiger partial charge in [0.15, 0.2) is 0 Å². The summed E-state index contributed by atoms with van der Waals surface area (Å²) in [5.41, 5.74) is 2.38. The van der Waals surface area contributed by atoms with Gasteiger partial charge in [-0.2, -0.15) is 0 Å². The first-order chi connectivity index (χ1) is 11.1. The number of aromatic nitrogens is 3. The van der Waals surface area contributed by atoms with Gasteiger partial charge in [-0.05, 0) is 32.8 Å². The summed E-state index contributed by atoms with van der Waals surface area (Å²) in [6, 6.07) is 7.87. The number of unbranched alkanes of at least 4 members (excludes halogenated alkanes) is 2. The Kier molecular flexibility index (Phi) is 5.93. The minimum Gasteiger partial charge on any atom is -0.325 e. The normalized spacial score (nSPS) is 10.5. The second kappa shape index (κ2) is 8.14. The molecule has 0 aliphatic rings. The maximum Gasteiger partial charge on any atom is 0.224 e. The van der Waals surface area contributed by atoms with E-state index in [1.165, 1.54) is 0 Å². The molecule has 1 aromatic heterocycles. The van der Waals surface area contributed by atoms with Gasteiger partial charge in [-0.25, -0.2) is 4.68 Å². The van der Waals surface area contributed by atoms with Crippen LogP contribution < -0.4 is 5.32 Å². The summed E-state index contributed by atoms with van der Waals surface area (Å²) >= 11 is 0. The van der Waals surface area contributed by atoms with Crippen molar-refractivity contribution in [3.8, 4) is 23.6 Å². The summed E-state index contributed by atoms with van der Waals surface area (Å²) < 4.78 is 1.80. The van der Waals surface area contributed by atoms with E-state index >= 15 is 0 Å². The zero-order valence-electron chi connectivity index (χ0n) is 13.6. The fourth-order valence-corrected chi connectivity index (χ4v) is 2.19. The number of carbonyl (C=O) groups excluding carboxylic acids is 1. The van der Waals surface area contributed by atoms with Gasteiger partial charge in [-0.15, -0.1) is 17.4 Å². The Balaban J connectivity index is 2.08. The molecule has 0 saturated heterocycles. The number of benzene rings is 1. The standard InChI is InChI=1S/C18H22N4O/c1-4-5-6-7-12-18(23)19-16-11-9-8-10-15(16)17-13-22(14(2)3)21-20-17/h1,8-11,13-14H,5-7,12H2,2-3H3,(H,19,23). The number of terminal acetylenes is 1. The van der Waals surface area contributed by atoms with Crippen LogP contribution in [0.5, 0.6) is 0 Å². The highest BCUT2D eigenvalue weighted by Crippen LogP contribution is 2.26. The highest BCUT2D eigenvalue weighted by molar-refractivity contribution is 5.94. The first-order valence-electron chi connectivity index (χ1n) is 7.86. The van der Waals surface area contributed by atoms with Gasteiger partial charge in [0.05, 0.1) is 11.9 Å². The third kappa shape index (κ3) is 4.68. The third-order valence-electron chi connectivity index (χ3n) is 3.49. The molecule has 2 aromatic rings. The van der Waals surface area contributed by atoms with Crippen molar-refractivity contribution in [2.75, 3.05) is 5.32 Å². The minimum atomic E-state index is -0.00859. The molecule has 0 bridgehead atoms. The molecule has 0 spiro atoms. The maximum atomic E-state index is 12.1. The van der Waals surface area contributed by atoms with E-state index in [9.17, 15) is 4.79 Å². The summed E-state index contributed by atoms with van der Waals surface area (Å²) in [5, 5.41) is 11.3. The summed E-state index contributed by atoms with van der Waals surface area (Å²) in [6.07, 6.45) is 9.94. The van der Waals surface area contributed by atoms with Crippen molar-refractivity contribution in [2.45, 2.75) is 45.6 Å². The molecule has 2 rings (SSSR count). The first-order valence-corrected chi connectivity index (χ1v) is 7.86. The lowest BCUT2D eigenvalue weighted by molar-refractivity contribution is -0.116. The smallest absolute Gasteiger partial charge is 0.224 e. The molecule has 1 amide bonds. The number of amides is 1. The molecular formula is C18H22N4O. The summed E-state index contributed by atoms with van der Waals surface area (Å²) in [7, 11) is 0. The Hall–Kier alpha value is -2.61. The molecule has 1 N–H and O–H groups in total. The molecule has 120 valence electrons. The van der Waals surface area contributed by atoms with Gasteiger partial charge in [-0.1, -0.05) is 23.4 Å². The zero-order valence-corrected chi connectivity index (χ0v) is 13.6. The molecule has 5 nitrogen and oxygen atoms in total. The lowest BCUT2D eigenvalue weighted by Gasteiger charge is -2.09. The molecule has 23 heavy (non-hydrogen) atoms. The van der Waals surface area contributed by atoms with E-state index < -0.39 is 0 Å². The van der Waals surface area contributed by atoms with Gasteiger partial charge < -0.3 is 5.32 Å². The lowest BCUT2D eigenvalue weighted by Crippen LogP contribution is -2.11. The number of hydrogen-bond acceptors (Lipinski definition) is 3. The summed E-state index contributed by atoms with van der Waals surface area (Å²) in [4.78, 5) is 12.1. The van der Waals surface area contributed by atoms with E-state index in [2.05, 4.69) is 21.5 Å². The van der Waals surface area contributed by atoms with Crippen molar-refractivity contribution < 1.29 is 4.79 Å². The molecule has 0 saturated carbocycles. The van der Waals surface area contributed by atoms with Crippen LogP contribution in [0, 0.1) is 12.3 Å². The van der Waals surface area contributed by atoms with Crippen LogP contribution >= 0.6 is 0 Å². The highest BCUT2D eigenvalue weighted by atomic mass is 16.1. The van der Waals surface area contributed by atoms with Crippen LogP contribution in [0.25, 0.3) is 11.3 Å². The van der Waals surface area contributed by atoms with Crippen LogP contribution in [0.1, 0.15) is 45.6 Å². The third-order valence-corrected chi connectivity index (χ3v) is 3.49. The van der Waals surface area contributed by atoms with Crippen molar-refractivity contribution >= 4 is 11.6 Å². The number of nitrogens with zero attached hydrogens (tertiary/aromatic N) is 3. The lowest BCUT2D eigenvalue weighted by atomic mass is 10.1. The number of nitrogens with one attached hydrogen (secondary N) is 1. The van der Waals surface area contributed by atoms with Gasteiger partial charge in [0.25, 0.3) is 0 Å². The Morgan fingerprint density at radius 3 is 2.83 bits per heavy atom. The molecule has 0 unspecified atom stereocenters. The monoisotopic (exact) mass is 310 g/mol. The van der Waals surface area contributed by atoms with Crippen molar-refractivity contribution in [1.82, 2.24) is 15.0 Å². The van der Waals surface area contributed by atoms with E-state index in [1.807, 2.05) is 44.3 Å². The van der Waals surface area contributed by atoms with Gasteiger partial charge >= 0.3 is 0 Å². The minimum absolute atomic E-state index is 0.00859. The van der Waals surface area contributed by atoms with E-state index in [4.69, 9.17) is 6.42 Å². The second-order valence-electron chi connectivity index (χ2n) is 5.68. The molecule has 0 fully saturated rings. The molecule has 1 heterocycles. The van der Waals surface area contributed by atoms with E-state index in [0.29, 0.717) is 12.8 Å². The second-order valence-corrected chi connectivity index (χ2v) is 5.68. The SMILES string of the molecule is C#CCCCCC(=O)Nc1ccccc1-c1cn(C(C)C)nn1. The highest BCUT2D eigenvalue weighted by Gasteiger charge is 2.12. The summed E-state index contributed by atoms with van der Waals surface area (Å²) in [5.74, 6) is 2.58. The van der Waals surface area contributed by atoms with Crippen molar-refractivity contribution in [3.63, 3.8) is 0 Å². The molecule has 0 aliphatic heterocycles. The molecule has 5 heteroatoms. The summed E-state index contributed by atoms with van der Waals surface area (Å²) in [6.45, 7) is 4.09. The van der Waals surface area contributed by atoms with Crippen LogP contribution in [0.2, 0.25) is 0 Å². The molecule has 0 radical (unpaired) electrons. The Bertz CT molecular complexity index is 697. The van der Waals surface area contributed by atoms with Crippen molar-refractivity contribution in [1.29, 1.82) is 0 Å². The fraction of sp³-hybridized carbons (Fsp3) is 0.389. The van der Waals surface area contributed by atoms with Crippen LogP contribution in [0.15, 0.2) is 30.5 Å². The first kappa shape index (κ1) is 16.8. The van der Waals surface area contributed by atoms with Crippen LogP contribution in [0.4, 0.5) is 5.69 Å². The van der Waals surface area contributed by atoms with Gasteiger partial charge in [-0.3, -0.25) is 4.79 Å². The Morgan fingerprint density at radius 1 is 1.35 bits per heavy atom. The number of carbonyl (C=O) groups is 1. The average molecular weight is 310 g/mol. The average Bonchev–Trinajstić information content (AvgIpc) is 3.02. The molecule has 1 aromatic carbocycles. The Morgan fingerprint density at radius 2 is 2.13 bits per heavy atom. The van der Waals surface area contributed by atoms with Crippen LogP contribution in [-0.2, 0) is 4.79 Å².